The van der Waals surface area contributed by atoms with Crippen molar-refractivity contribution in [3.63, 3.8) is 0 Å². The highest BCUT2D eigenvalue weighted by molar-refractivity contribution is 5.87. The lowest BCUT2D eigenvalue weighted by Crippen LogP contribution is -2.38. The second-order valence-electron chi connectivity index (χ2n) is 7.21. The van der Waals surface area contributed by atoms with Gasteiger partial charge in [0.2, 0.25) is 0 Å². The molecule has 3 rings (SSSR count). The molecule has 0 fully saturated rings. The van der Waals surface area contributed by atoms with E-state index >= 15 is 0 Å². The summed E-state index contributed by atoms with van der Waals surface area (Å²) in [6.07, 6.45) is 0.641. The molecule has 5 nitrogen and oxygen atoms in total. The number of carboxylic acid groups (broad SMARTS) is 1. The maximum atomic E-state index is 11.5. The number of nitrogens with zero attached hydrogens (tertiary/aromatic N) is 1. The van der Waals surface area contributed by atoms with Crippen LogP contribution in [0.4, 0.5) is 0 Å². The van der Waals surface area contributed by atoms with Gasteiger partial charge < -0.3 is 19.1 Å². The molecule has 0 aliphatic rings. The number of para-hydroxylation sites is 1. The Morgan fingerprint density at radius 1 is 1.19 bits per heavy atom. The van der Waals surface area contributed by atoms with Gasteiger partial charge in [0, 0.05) is 30.1 Å². The topological polar surface area (TPSA) is 60.7 Å². The summed E-state index contributed by atoms with van der Waals surface area (Å²) < 4.78 is 13.4. The lowest BCUT2D eigenvalue weighted by atomic mass is 10.0. The fraction of sp³-hybridized carbons (Fsp3) is 0.318. The smallest absolute Gasteiger partial charge is 0.347 e. The van der Waals surface area contributed by atoms with Crippen LogP contribution in [0.5, 0.6) is 11.5 Å². The Hall–Kier alpha value is -2.95. The predicted molar refractivity (Wildman–Crippen MR) is 106 cm³/mol. The zero-order chi connectivity index (χ0) is 19.8. The van der Waals surface area contributed by atoms with Crippen molar-refractivity contribution in [1.29, 1.82) is 0 Å². The summed E-state index contributed by atoms with van der Waals surface area (Å²) in [6, 6.07) is 13.7. The molecule has 0 unspecified atom stereocenters. The summed E-state index contributed by atoms with van der Waals surface area (Å²) in [5.74, 6) is 0.401. The van der Waals surface area contributed by atoms with Gasteiger partial charge in [0.05, 0.1) is 7.11 Å². The molecular weight excluding hydrogens is 342 g/mol. The largest absolute Gasteiger partial charge is 0.497 e. The number of carboxylic acids is 1. The van der Waals surface area contributed by atoms with Gasteiger partial charge in [-0.2, -0.15) is 0 Å². The Labute approximate surface area is 159 Å². The number of aryl methyl sites for hydroxylation is 1. The van der Waals surface area contributed by atoms with Crippen LogP contribution in [0, 0.1) is 6.92 Å². The Morgan fingerprint density at radius 3 is 2.56 bits per heavy atom. The van der Waals surface area contributed by atoms with Crippen LogP contribution in [0.1, 0.15) is 30.7 Å². The maximum absolute atomic E-state index is 11.5. The van der Waals surface area contributed by atoms with Gasteiger partial charge in [-0.15, -0.1) is 0 Å². The van der Waals surface area contributed by atoms with Crippen molar-refractivity contribution in [3.05, 3.63) is 59.3 Å². The molecule has 0 saturated heterocycles. The third-order valence-corrected chi connectivity index (χ3v) is 5.05. The fourth-order valence-corrected chi connectivity index (χ4v) is 3.24. The minimum Gasteiger partial charge on any atom is -0.497 e. The van der Waals surface area contributed by atoms with Crippen LogP contribution in [0.15, 0.2) is 42.5 Å². The molecule has 0 aliphatic heterocycles. The fourth-order valence-electron chi connectivity index (χ4n) is 3.24. The van der Waals surface area contributed by atoms with E-state index in [1.807, 2.05) is 43.4 Å². The second-order valence-corrected chi connectivity index (χ2v) is 7.21. The van der Waals surface area contributed by atoms with E-state index in [1.165, 1.54) is 5.56 Å². The summed E-state index contributed by atoms with van der Waals surface area (Å²) in [5.41, 5.74) is 3.12. The predicted octanol–water partition coefficient (Wildman–Crippen LogP) is 4.33. The molecule has 0 amide bonds. The molecule has 1 N–H and O–H groups in total. The molecule has 0 bridgehead atoms. The zero-order valence-electron chi connectivity index (χ0n) is 16.4. The van der Waals surface area contributed by atoms with Crippen molar-refractivity contribution in [3.8, 4) is 11.5 Å². The van der Waals surface area contributed by atoms with E-state index < -0.39 is 11.6 Å². The number of hydrogen-bond acceptors (Lipinski definition) is 3. The lowest BCUT2D eigenvalue weighted by molar-refractivity contribution is -0.152. The summed E-state index contributed by atoms with van der Waals surface area (Å²) >= 11 is 0. The standard InChI is InChI=1S/C22H25NO4/c1-14-17(18-13-16(26-5)10-11-19(18)23(14)4)12-15-8-6-7-9-20(15)27-22(2,3)21(24)25/h6-11,13H,12H2,1-5H3,(H,24,25). The van der Waals surface area contributed by atoms with E-state index in [4.69, 9.17) is 9.47 Å². The number of benzene rings is 2. The van der Waals surface area contributed by atoms with Gasteiger partial charge in [-0.1, -0.05) is 18.2 Å². The van der Waals surface area contributed by atoms with Crippen LogP contribution in [-0.2, 0) is 18.3 Å². The van der Waals surface area contributed by atoms with Gasteiger partial charge in [-0.3, -0.25) is 0 Å². The van der Waals surface area contributed by atoms with Crippen LogP contribution in [0.25, 0.3) is 10.9 Å². The number of aromatic nitrogens is 1. The average Bonchev–Trinajstić information content (AvgIpc) is 2.87. The molecule has 0 saturated carbocycles. The van der Waals surface area contributed by atoms with Gasteiger partial charge in [0.15, 0.2) is 5.60 Å². The van der Waals surface area contributed by atoms with Gasteiger partial charge in [0.25, 0.3) is 0 Å². The number of ether oxygens (including phenoxy) is 2. The molecule has 0 radical (unpaired) electrons. The highest BCUT2D eigenvalue weighted by Gasteiger charge is 2.30. The quantitative estimate of drug-likeness (QED) is 0.704. The number of fused-ring (bicyclic) bond motifs is 1. The minimum absolute atomic E-state index is 0.587. The van der Waals surface area contributed by atoms with Crippen LogP contribution < -0.4 is 9.47 Å². The monoisotopic (exact) mass is 367 g/mol. The van der Waals surface area contributed by atoms with Crippen molar-refractivity contribution < 1.29 is 19.4 Å². The Kier molecular flexibility index (Phi) is 4.87. The van der Waals surface area contributed by atoms with Gasteiger partial charge >= 0.3 is 5.97 Å². The first-order chi connectivity index (χ1) is 12.7. The van der Waals surface area contributed by atoms with Crippen LogP contribution in [0.2, 0.25) is 0 Å². The Morgan fingerprint density at radius 2 is 1.89 bits per heavy atom. The number of carbonyl (C=O) groups is 1. The molecule has 0 atom stereocenters. The van der Waals surface area contributed by atoms with Gasteiger partial charge in [-0.25, -0.2) is 4.79 Å². The second kappa shape index (κ2) is 6.99. The minimum atomic E-state index is -1.30. The van der Waals surface area contributed by atoms with Crippen molar-refractivity contribution in [2.45, 2.75) is 32.8 Å². The molecule has 3 aromatic rings. The first-order valence-electron chi connectivity index (χ1n) is 8.87. The van der Waals surface area contributed by atoms with Crippen LogP contribution >= 0.6 is 0 Å². The zero-order valence-corrected chi connectivity index (χ0v) is 16.4. The number of hydrogen-bond donors (Lipinski definition) is 1. The molecule has 142 valence electrons. The summed E-state index contributed by atoms with van der Waals surface area (Å²) in [5, 5.41) is 10.5. The van der Waals surface area contributed by atoms with Gasteiger partial charge in [-0.05, 0) is 56.2 Å². The third kappa shape index (κ3) is 3.50. The summed E-state index contributed by atoms with van der Waals surface area (Å²) in [7, 11) is 3.71. The molecule has 2 aromatic carbocycles. The molecule has 5 heteroatoms. The summed E-state index contributed by atoms with van der Waals surface area (Å²) in [6.45, 7) is 5.20. The van der Waals surface area contributed by atoms with Crippen molar-refractivity contribution >= 4 is 16.9 Å². The molecule has 0 aliphatic carbocycles. The SMILES string of the molecule is COc1ccc2c(c1)c(Cc1ccccc1OC(C)(C)C(=O)O)c(C)n2C. The average molecular weight is 367 g/mol. The lowest BCUT2D eigenvalue weighted by Gasteiger charge is -2.23. The van der Waals surface area contributed by atoms with Crippen molar-refractivity contribution in [2.24, 2.45) is 7.05 Å². The van der Waals surface area contributed by atoms with Crippen LogP contribution in [0.3, 0.4) is 0 Å². The highest BCUT2D eigenvalue weighted by atomic mass is 16.5. The number of rotatable bonds is 6. The molecular formula is C22H25NO4. The maximum Gasteiger partial charge on any atom is 0.347 e. The normalized spacial score (nSPS) is 11.6. The van der Waals surface area contributed by atoms with E-state index in [0.717, 1.165) is 27.9 Å². The molecule has 1 heterocycles. The van der Waals surface area contributed by atoms with Gasteiger partial charge in [0.1, 0.15) is 11.5 Å². The Balaban J connectivity index is 2.06. The van der Waals surface area contributed by atoms with E-state index in [-0.39, 0.29) is 0 Å². The van der Waals surface area contributed by atoms with E-state index in [1.54, 1.807) is 21.0 Å². The molecule has 0 spiro atoms. The number of methoxy groups -OCH3 is 1. The number of aliphatic carboxylic acids is 1. The van der Waals surface area contributed by atoms with E-state index in [2.05, 4.69) is 17.6 Å². The first-order valence-corrected chi connectivity index (χ1v) is 8.87. The third-order valence-electron chi connectivity index (χ3n) is 5.05. The van der Waals surface area contributed by atoms with Crippen LogP contribution in [-0.4, -0.2) is 28.4 Å². The Bertz CT molecular complexity index is 1000. The summed E-state index contributed by atoms with van der Waals surface area (Å²) in [4.78, 5) is 11.5. The van der Waals surface area contributed by atoms with E-state index in [9.17, 15) is 9.90 Å². The molecule has 27 heavy (non-hydrogen) atoms. The highest BCUT2D eigenvalue weighted by Crippen LogP contribution is 2.33. The van der Waals surface area contributed by atoms with E-state index in [0.29, 0.717) is 12.2 Å². The molecule has 1 aromatic heterocycles. The first kappa shape index (κ1) is 18.8. The van der Waals surface area contributed by atoms with Crippen molar-refractivity contribution in [1.82, 2.24) is 4.57 Å². The van der Waals surface area contributed by atoms with Crippen molar-refractivity contribution in [2.75, 3.05) is 7.11 Å².